The summed E-state index contributed by atoms with van der Waals surface area (Å²) in [7, 11) is 0. The highest BCUT2D eigenvalue weighted by atomic mass is 19.1. The summed E-state index contributed by atoms with van der Waals surface area (Å²) in [6.07, 6.45) is 2.98. The number of aromatic hydroxyl groups is 1. The van der Waals surface area contributed by atoms with E-state index in [0.29, 0.717) is 17.7 Å². The average molecular weight is 356 g/mol. The van der Waals surface area contributed by atoms with Crippen molar-refractivity contribution in [2.45, 2.75) is 38.8 Å². The van der Waals surface area contributed by atoms with Gasteiger partial charge in [-0.2, -0.15) is 5.10 Å². The summed E-state index contributed by atoms with van der Waals surface area (Å²) in [5.41, 5.74) is 2.34. The van der Waals surface area contributed by atoms with Crippen LogP contribution in [0.1, 0.15) is 37.8 Å². The number of carbonyl (C=O) groups excluding carboxylic acids is 1. The number of hydrogen-bond donors (Lipinski definition) is 2. The summed E-state index contributed by atoms with van der Waals surface area (Å²) in [5, 5.41) is 24.7. The van der Waals surface area contributed by atoms with Crippen molar-refractivity contribution in [2.24, 2.45) is 0 Å². The molecule has 1 atom stereocenters. The smallest absolute Gasteiger partial charge is 0.128 e. The van der Waals surface area contributed by atoms with E-state index in [2.05, 4.69) is 0 Å². The molecule has 0 amide bonds. The zero-order valence-electron chi connectivity index (χ0n) is 14.5. The van der Waals surface area contributed by atoms with Crippen molar-refractivity contribution in [3.8, 4) is 17.0 Å². The molecule has 0 aliphatic carbocycles. The molecule has 0 radical (unpaired) electrons. The van der Waals surface area contributed by atoms with Gasteiger partial charge in [0.15, 0.2) is 0 Å². The largest absolute Gasteiger partial charge is 0.508 e. The van der Waals surface area contributed by atoms with Crippen LogP contribution in [0.15, 0.2) is 36.4 Å². The fraction of sp³-hybridized carbons (Fsp3) is 0.300. The Hall–Kier alpha value is -2.73. The number of aliphatic hydroxyl groups excluding tert-OH is 1. The van der Waals surface area contributed by atoms with E-state index in [1.54, 1.807) is 30.3 Å². The standard InChI is InChI=1S/C20H21FN2O3/c1-13(4-2-3-9-24)23-19-8-6-16(26)11-17(19)20(22-23)14-5-7-18(21)15(10-14)12-25/h5-11,13,25-26H,2-4,12H2,1H3. The van der Waals surface area contributed by atoms with Gasteiger partial charge < -0.3 is 15.0 Å². The van der Waals surface area contributed by atoms with Crippen LogP contribution >= 0.6 is 0 Å². The second-order valence-electron chi connectivity index (χ2n) is 6.41. The molecule has 0 fully saturated rings. The molecular weight excluding hydrogens is 335 g/mol. The molecule has 5 nitrogen and oxygen atoms in total. The van der Waals surface area contributed by atoms with Gasteiger partial charge in [-0.1, -0.05) is 0 Å². The fourth-order valence-electron chi connectivity index (χ4n) is 3.14. The molecule has 0 spiro atoms. The maximum atomic E-state index is 13.7. The second kappa shape index (κ2) is 7.66. The van der Waals surface area contributed by atoms with Crippen molar-refractivity contribution < 1.29 is 19.4 Å². The summed E-state index contributed by atoms with van der Waals surface area (Å²) in [6.45, 7) is 1.63. The summed E-state index contributed by atoms with van der Waals surface area (Å²) in [6, 6.07) is 9.59. The molecule has 0 saturated carbocycles. The number of phenols is 1. The van der Waals surface area contributed by atoms with Crippen molar-refractivity contribution in [3.63, 3.8) is 0 Å². The van der Waals surface area contributed by atoms with Gasteiger partial charge in [-0.05, 0) is 56.2 Å². The van der Waals surface area contributed by atoms with Crippen LogP contribution in [0.3, 0.4) is 0 Å². The van der Waals surface area contributed by atoms with E-state index in [0.717, 1.165) is 30.0 Å². The normalized spacial score (nSPS) is 12.4. The Morgan fingerprint density at radius 3 is 2.81 bits per heavy atom. The van der Waals surface area contributed by atoms with Gasteiger partial charge in [0.25, 0.3) is 0 Å². The molecule has 0 bridgehead atoms. The Kier molecular flexibility index (Phi) is 5.32. The minimum absolute atomic E-state index is 0.0634. The Balaban J connectivity index is 2.10. The highest BCUT2D eigenvalue weighted by Crippen LogP contribution is 2.33. The number of nitrogens with zero attached hydrogens (tertiary/aromatic N) is 2. The maximum absolute atomic E-state index is 13.7. The highest BCUT2D eigenvalue weighted by Gasteiger charge is 2.17. The molecule has 0 aliphatic heterocycles. The number of fused-ring (bicyclic) bond motifs is 1. The first-order valence-corrected chi connectivity index (χ1v) is 8.59. The van der Waals surface area contributed by atoms with Crippen LogP contribution in [0.2, 0.25) is 0 Å². The van der Waals surface area contributed by atoms with Crippen molar-refractivity contribution in [1.29, 1.82) is 0 Å². The van der Waals surface area contributed by atoms with Crippen molar-refractivity contribution >= 4 is 17.2 Å². The third-order valence-electron chi connectivity index (χ3n) is 4.54. The van der Waals surface area contributed by atoms with E-state index >= 15 is 0 Å². The lowest BCUT2D eigenvalue weighted by atomic mass is 10.0. The predicted molar refractivity (Wildman–Crippen MR) is 97.3 cm³/mol. The topological polar surface area (TPSA) is 75.4 Å². The summed E-state index contributed by atoms with van der Waals surface area (Å²) in [5.74, 6) is -0.346. The third-order valence-corrected chi connectivity index (χ3v) is 4.54. The zero-order chi connectivity index (χ0) is 18.7. The molecule has 3 rings (SSSR count). The SMILES string of the molecule is CC(CCCC=O)n1nc(-c2ccc(F)c(CO)c2)c2cc(O)ccc21. The number of phenolic OH excluding ortho intramolecular Hbond substituents is 1. The van der Waals surface area contributed by atoms with Gasteiger partial charge in [0.2, 0.25) is 0 Å². The Morgan fingerprint density at radius 2 is 2.08 bits per heavy atom. The Morgan fingerprint density at radius 1 is 1.27 bits per heavy atom. The van der Waals surface area contributed by atoms with Gasteiger partial charge >= 0.3 is 0 Å². The number of hydrogen-bond acceptors (Lipinski definition) is 4. The van der Waals surface area contributed by atoms with Crippen LogP contribution in [0.4, 0.5) is 4.39 Å². The lowest BCUT2D eigenvalue weighted by molar-refractivity contribution is -0.107. The van der Waals surface area contributed by atoms with E-state index in [1.807, 2.05) is 11.6 Å². The highest BCUT2D eigenvalue weighted by molar-refractivity contribution is 5.94. The molecule has 1 heterocycles. The number of carbonyl (C=O) groups is 1. The summed E-state index contributed by atoms with van der Waals surface area (Å²) < 4.78 is 15.6. The van der Waals surface area contributed by atoms with E-state index < -0.39 is 12.4 Å². The average Bonchev–Trinajstić information content (AvgIpc) is 3.01. The van der Waals surface area contributed by atoms with Crippen molar-refractivity contribution in [3.05, 3.63) is 47.8 Å². The number of rotatable bonds is 7. The van der Waals surface area contributed by atoms with Crippen molar-refractivity contribution in [2.75, 3.05) is 0 Å². The Labute approximate surface area is 150 Å². The number of benzene rings is 2. The molecule has 3 aromatic rings. The van der Waals surface area contributed by atoms with Crippen molar-refractivity contribution in [1.82, 2.24) is 9.78 Å². The molecule has 0 saturated heterocycles. The van der Waals surface area contributed by atoms with Gasteiger partial charge in [-0.3, -0.25) is 4.68 Å². The quantitative estimate of drug-likeness (QED) is 0.496. The predicted octanol–water partition coefficient (Wildman–Crippen LogP) is 3.97. The Bertz CT molecular complexity index is 936. The number of aliphatic hydroxyl groups is 1. The minimum Gasteiger partial charge on any atom is -0.508 e. The molecule has 6 heteroatoms. The van der Waals surface area contributed by atoms with Crippen LogP contribution < -0.4 is 0 Å². The van der Waals surface area contributed by atoms with Crippen LogP contribution in [-0.4, -0.2) is 26.3 Å². The lowest BCUT2D eigenvalue weighted by Gasteiger charge is -2.12. The van der Waals surface area contributed by atoms with Crippen LogP contribution in [0.5, 0.6) is 5.75 Å². The van der Waals surface area contributed by atoms with E-state index in [-0.39, 0.29) is 17.4 Å². The minimum atomic E-state index is -0.468. The number of halogens is 1. The van der Waals surface area contributed by atoms with E-state index in [4.69, 9.17) is 5.10 Å². The molecular formula is C20H21FN2O3. The molecule has 2 N–H and O–H groups in total. The van der Waals surface area contributed by atoms with Crippen LogP contribution in [-0.2, 0) is 11.4 Å². The molecule has 2 aromatic carbocycles. The van der Waals surface area contributed by atoms with E-state index in [9.17, 15) is 19.4 Å². The first kappa shape index (κ1) is 18.1. The van der Waals surface area contributed by atoms with Crippen LogP contribution in [0, 0.1) is 5.82 Å². The summed E-state index contributed by atoms with van der Waals surface area (Å²) >= 11 is 0. The molecule has 0 aliphatic rings. The first-order chi connectivity index (χ1) is 12.5. The lowest BCUT2D eigenvalue weighted by Crippen LogP contribution is -2.07. The maximum Gasteiger partial charge on any atom is 0.128 e. The van der Waals surface area contributed by atoms with Crippen LogP contribution in [0.25, 0.3) is 22.2 Å². The van der Waals surface area contributed by atoms with Gasteiger partial charge in [0.05, 0.1) is 12.1 Å². The number of aldehydes is 1. The van der Waals surface area contributed by atoms with E-state index in [1.165, 1.54) is 6.07 Å². The fourth-order valence-corrected chi connectivity index (χ4v) is 3.14. The number of unbranched alkanes of at least 4 members (excludes halogenated alkanes) is 1. The second-order valence-corrected chi connectivity index (χ2v) is 6.41. The van der Waals surface area contributed by atoms with Gasteiger partial charge in [0, 0.05) is 29.0 Å². The zero-order valence-corrected chi connectivity index (χ0v) is 14.5. The van der Waals surface area contributed by atoms with Gasteiger partial charge in [0.1, 0.15) is 23.5 Å². The van der Waals surface area contributed by atoms with Gasteiger partial charge in [-0.15, -0.1) is 0 Å². The number of aromatic nitrogens is 2. The molecule has 26 heavy (non-hydrogen) atoms. The molecule has 1 unspecified atom stereocenters. The van der Waals surface area contributed by atoms with Gasteiger partial charge in [-0.25, -0.2) is 4.39 Å². The molecule has 1 aromatic heterocycles. The summed E-state index contributed by atoms with van der Waals surface area (Å²) in [4.78, 5) is 10.5. The molecule has 136 valence electrons. The first-order valence-electron chi connectivity index (χ1n) is 8.59. The monoisotopic (exact) mass is 356 g/mol. The third kappa shape index (κ3) is 3.46.